The Morgan fingerprint density at radius 2 is 1.97 bits per heavy atom. The molecule has 0 spiro atoms. The number of methoxy groups -OCH3 is 2. The lowest BCUT2D eigenvalue weighted by molar-refractivity contribution is 0.0740. The summed E-state index contributed by atoms with van der Waals surface area (Å²) in [7, 11) is 4.66. The molecule has 164 valence electrons. The molecule has 0 aliphatic heterocycles. The molecular weight excluding hydrogens is 400 g/mol. The Bertz CT molecular complexity index is 1090. The van der Waals surface area contributed by atoms with Crippen molar-refractivity contribution in [2.45, 2.75) is 20.4 Å². The van der Waals surface area contributed by atoms with Crippen molar-refractivity contribution in [1.82, 2.24) is 14.7 Å². The number of rotatable bonds is 8. The highest BCUT2D eigenvalue weighted by Crippen LogP contribution is 2.37. The molecule has 2 heterocycles. The minimum atomic E-state index is -0.378. The van der Waals surface area contributed by atoms with Crippen molar-refractivity contribution < 1.29 is 23.5 Å². The Morgan fingerprint density at radius 3 is 2.52 bits per heavy atom. The molecule has 0 aliphatic carbocycles. The van der Waals surface area contributed by atoms with Gasteiger partial charge >= 0.3 is 0 Å². The summed E-state index contributed by atoms with van der Waals surface area (Å²) in [5.74, 6) is 1.52. The van der Waals surface area contributed by atoms with Crippen molar-refractivity contribution in [1.29, 1.82) is 0 Å². The van der Waals surface area contributed by atoms with Crippen LogP contribution in [-0.4, -0.2) is 47.3 Å². The molecule has 0 radical (unpaired) electrons. The topological polar surface area (TPSA) is 98.8 Å². The lowest BCUT2D eigenvalue weighted by Gasteiger charge is -2.21. The summed E-state index contributed by atoms with van der Waals surface area (Å²) in [5, 5.41) is 6.79. The highest BCUT2D eigenvalue weighted by atomic mass is 16.5. The van der Waals surface area contributed by atoms with Crippen molar-refractivity contribution in [2.75, 3.05) is 26.1 Å². The van der Waals surface area contributed by atoms with Crippen molar-refractivity contribution in [3.05, 3.63) is 59.3 Å². The van der Waals surface area contributed by atoms with Crippen molar-refractivity contribution in [2.24, 2.45) is 7.05 Å². The Morgan fingerprint density at radius 1 is 1.19 bits per heavy atom. The summed E-state index contributed by atoms with van der Waals surface area (Å²) in [4.78, 5) is 27.5. The van der Waals surface area contributed by atoms with Gasteiger partial charge in [-0.05, 0) is 38.1 Å². The fourth-order valence-corrected chi connectivity index (χ4v) is 3.18. The second-order valence-corrected chi connectivity index (χ2v) is 6.95. The summed E-state index contributed by atoms with van der Waals surface area (Å²) >= 11 is 0. The molecule has 0 aliphatic rings. The van der Waals surface area contributed by atoms with Crippen LogP contribution in [0, 0.1) is 6.92 Å². The third-order valence-electron chi connectivity index (χ3n) is 4.75. The minimum Gasteiger partial charge on any atom is -0.493 e. The standard InChI is InChI=1S/C22H26N4O5/c1-6-26(13-17-8-7-14(2)31-17)22(28)15-9-18(20(30-5)19(10-15)29-4)24-21(27)16-11-23-25(3)12-16/h7-12H,6,13H2,1-5H3,(H,24,27). The molecule has 0 bridgehead atoms. The predicted octanol–water partition coefficient (Wildman–Crippen LogP) is 3.25. The normalized spacial score (nSPS) is 10.6. The third-order valence-corrected chi connectivity index (χ3v) is 4.75. The van der Waals surface area contributed by atoms with Gasteiger partial charge in [0.15, 0.2) is 11.5 Å². The number of nitrogens with zero attached hydrogens (tertiary/aromatic N) is 3. The van der Waals surface area contributed by atoms with E-state index < -0.39 is 0 Å². The van der Waals surface area contributed by atoms with Gasteiger partial charge in [0.1, 0.15) is 11.5 Å². The quantitative estimate of drug-likeness (QED) is 0.594. The summed E-state index contributed by atoms with van der Waals surface area (Å²) in [6.45, 7) is 4.55. The third kappa shape index (κ3) is 4.88. The predicted molar refractivity (Wildman–Crippen MR) is 115 cm³/mol. The van der Waals surface area contributed by atoms with Gasteiger partial charge in [0.05, 0.1) is 38.2 Å². The fraction of sp³-hybridized carbons (Fsp3) is 0.318. The number of benzene rings is 1. The number of carbonyl (C=O) groups is 2. The van der Waals surface area contributed by atoms with E-state index >= 15 is 0 Å². The van der Waals surface area contributed by atoms with E-state index in [4.69, 9.17) is 13.9 Å². The zero-order chi connectivity index (χ0) is 22.5. The van der Waals surface area contributed by atoms with E-state index in [1.54, 1.807) is 30.3 Å². The van der Waals surface area contributed by atoms with E-state index in [2.05, 4.69) is 10.4 Å². The van der Waals surface area contributed by atoms with Crippen LogP contribution < -0.4 is 14.8 Å². The average molecular weight is 426 g/mol. The van der Waals surface area contributed by atoms with Gasteiger partial charge in [-0.3, -0.25) is 14.3 Å². The number of anilines is 1. The Balaban J connectivity index is 1.93. The zero-order valence-corrected chi connectivity index (χ0v) is 18.3. The maximum absolute atomic E-state index is 13.2. The molecular formula is C22H26N4O5. The van der Waals surface area contributed by atoms with Gasteiger partial charge < -0.3 is 24.1 Å². The van der Waals surface area contributed by atoms with Crippen LogP contribution in [0.25, 0.3) is 0 Å². The average Bonchev–Trinajstić information content (AvgIpc) is 3.38. The number of ether oxygens (including phenoxy) is 2. The van der Waals surface area contributed by atoms with Crippen LogP contribution >= 0.6 is 0 Å². The first-order chi connectivity index (χ1) is 14.9. The minimum absolute atomic E-state index is 0.227. The molecule has 0 fully saturated rings. The first kappa shape index (κ1) is 21.9. The summed E-state index contributed by atoms with van der Waals surface area (Å²) in [6.07, 6.45) is 3.05. The van der Waals surface area contributed by atoms with Crippen LogP contribution in [0.2, 0.25) is 0 Å². The molecule has 0 saturated heterocycles. The zero-order valence-electron chi connectivity index (χ0n) is 18.3. The molecule has 0 saturated carbocycles. The maximum atomic E-state index is 13.2. The molecule has 1 aromatic carbocycles. The molecule has 9 heteroatoms. The van der Waals surface area contributed by atoms with E-state index in [1.807, 2.05) is 26.0 Å². The Kier molecular flexibility index (Phi) is 6.64. The van der Waals surface area contributed by atoms with Gasteiger partial charge in [-0.15, -0.1) is 0 Å². The lowest BCUT2D eigenvalue weighted by atomic mass is 10.1. The summed E-state index contributed by atoms with van der Waals surface area (Å²) in [6, 6.07) is 6.88. The van der Waals surface area contributed by atoms with Crippen LogP contribution in [0.15, 0.2) is 41.1 Å². The highest BCUT2D eigenvalue weighted by molar-refractivity contribution is 6.06. The largest absolute Gasteiger partial charge is 0.493 e. The molecule has 0 atom stereocenters. The second kappa shape index (κ2) is 9.38. The number of furan rings is 1. The van der Waals surface area contributed by atoms with Crippen LogP contribution in [0.5, 0.6) is 11.5 Å². The van der Waals surface area contributed by atoms with Crippen LogP contribution in [-0.2, 0) is 13.6 Å². The van der Waals surface area contributed by atoms with E-state index in [-0.39, 0.29) is 11.8 Å². The van der Waals surface area contributed by atoms with E-state index in [1.165, 1.54) is 25.1 Å². The molecule has 2 aromatic heterocycles. The number of nitrogens with one attached hydrogen (secondary N) is 1. The van der Waals surface area contributed by atoms with Crippen molar-refractivity contribution in [3.63, 3.8) is 0 Å². The number of aromatic nitrogens is 2. The molecule has 9 nitrogen and oxygen atoms in total. The SMILES string of the molecule is CCN(Cc1ccc(C)o1)C(=O)c1cc(NC(=O)c2cnn(C)c2)c(OC)c(OC)c1. The monoisotopic (exact) mass is 426 g/mol. The number of carbonyl (C=O) groups excluding carboxylic acids is 2. The molecule has 1 N–H and O–H groups in total. The van der Waals surface area contributed by atoms with Gasteiger partial charge in [0.25, 0.3) is 11.8 Å². The highest BCUT2D eigenvalue weighted by Gasteiger charge is 2.22. The molecule has 3 rings (SSSR count). The van der Waals surface area contributed by atoms with Gasteiger partial charge in [-0.2, -0.15) is 5.10 Å². The van der Waals surface area contributed by atoms with E-state index in [0.29, 0.717) is 47.2 Å². The van der Waals surface area contributed by atoms with Crippen LogP contribution in [0.1, 0.15) is 39.2 Å². The van der Waals surface area contributed by atoms with Gasteiger partial charge in [0.2, 0.25) is 0 Å². The first-order valence-electron chi connectivity index (χ1n) is 9.76. The van der Waals surface area contributed by atoms with E-state index in [9.17, 15) is 9.59 Å². The molecule has 31 heavy (non-hydrogen) atoms. The van der Waals surface area contributed by atoms with Crippen LogP contribution in [0.3, 0.4) is 0 Å². The number of hydrogen-bond donors (Lipinski definition) is 1. The fourth-order valence-electron chi connectivity index (χ4n) is 3.18. The van der Waals surface area contributed by atoms with E-state index in [0.717, 1.165) is 5.76 Å². The summed E-state index contributed by atoms with van der Waals surface area (Å²) < 4.78 is 18.0. The molecule has 0 unspecified atom stereocenters. The number of aryl methyl sites for hydroxylation is 2. The molecule has 3 aromatic rings. The van der Waals surface area contributed by atoms with Crippen LogP contribution in [0.4, 0.5) is 5.69 Å². The second-order valence-electron chi connectivity index (χ2n) is 6.95. The Labute approximate surface area is 180 Å². The van der Waals surface area contributed by atoms with Gasteiger partial charge in [-0.25, -0.2) is 0 Å². The first-order valence-corrected chi connectivity index (χ1v) is 9.76. The van der Waals surface area contributed by atoms with Crippen molar-refractivity contribution >= 4 is 17.5 Å². The molecule has 2 amide bonds. The Hall–Kier alpha value is -3.75. The van der Waals surface area contributed by atoms with Gasteiger partial charge in [-0.1, -0.05) is 0 Å². The lowest BCUT2D eigenvalue weighted by Crippen LogP contribution is -2.30. The van der Waals surface area contributed by atoms with Gasteiger partial charge in [0, 0.05) is 25.4 Å². The maximum Gasteiger partial charge on any atom is 0.258 e. The number of amides is 2. The number of hydrogen-bond acceptors (Lipinski definition) is 6. The summed E-state index contributed by atoms with van der Waals surface area (Å²) in [5.41, 5.74) is 1.05. The van der Waals surface area contributed by atoms with Crippen molar-refractivity contribution in [3.8, 4) is 11.5 Å². The smallest absolute Gasteiger partial charge is 0.258 e.